The molecule has 43 heavy (non-hydrogen) atoms. The number of carbonyl (C=O) groups excluding carboxylic acids is 1. The average Bonchev–Trinajstić information content (AvgIpc) is 3.01. The van der Waals surface area contributed by atoms with E-state index in [0.717, 1.165) is 44.9 Å². The highest BCUT2D eigenvalue weighted by Gasteiger charge is 2.19. The van der Waals surface area contributed by atoms with E-state index in [1.807, 2.05) is 0 Å². The number of aliphatic hydroxyl groups excluding tert-OH is 2. The zero-order chi connectivity index (χ0) is 31.5. The second-order valence-corrected chi connectivity index (χ2v) is 13.0. The van der Waals surface area contributed by atoms with Gasteiger partial charge < -0.3 is 15.5 Å². The molecule has 0 radical (unpaired) electrons. The number of rotatable bonds is 34. The van der Waals surface area contributed by atoms with E-state index in [4.69, 9.17) is 0 Å². The van der Waals surface area contributed by atoms with Gasteiger partial charge in [0.15, 0.2) is 0 Å². The number of amides is 1. The summed E-state index contributed by atoms with van der Waals surface area (Å²) in [5.74, 6) is -0.0456. The zero-order valence-electron chi connectivity index (χ0n) is 29.0. The molecule has 0 aliphatic rings. The van der Waals surface area contributed by atoms with E-state index in [9.17, 15) is 15.0 Å². The molecule has 0 heterocycles. The Morgan fingerprint density at radius 3 is 1.44 bits per heavy atom. The molecule has 0 aromatic heterocycles. The minimum Gasteiger partial charge on any atom is -0.394 e. The Hall–Kier alpha value is -1.13. The maximum atomic E-state index is 12.3. The molecule has 0 saturated heterocycles. The summed E-state index contributed by atoms with van der Waals surface area (Å²) in [6, 6.07) is -0.540. The molecule has 2 atom stereocenters. The predicted octanol–water partition coefficient (Wildman–Crippen LogP) is 11.3. The topological polar surface area (TPSA) is 69.6 Å². The van der Waals surface area contributed by atoms with Crippen molar-refractivity contribution in [2.75, 3.05) is 6.61 Å². The predicted molar refractivity (Wildman–Crippen MR) is 189 cm³/mol. The normalized spacial score (nSPS) is 13.3. The van der Waals surface area contributed by atoms with Gasteiger partial charge in [0.05, 0.1) is 18.8 Å². The summed E-state index contributed by atoms with van der Waals surface area (Å²) < 4.78 is 0. The fourth-order valence-corrected chi connectivity index (χ4v) is 5.74. The van der Waals surface area contributed by atoms with Crippen molar-refractivity contribution < 1.29 is 15.0 Å². The lowest BCUT2D eigenvalue weighted by Gasteiger charge is -2.22. The summed E-state index contributed by atoms with van der Waals surface area (Å²) in [7, 11) is 0. The van der Waals surface area contributed by atoms with Gasteiger partial charge in [0.25, 0.3) is 0 Å². The largest absolute Gasteiger partial charge is 0.394 e. The van der Waals surface area contributed by atoms with E-state index in [-0.39, 0.29) is 12.5 Å². The van der Waals surface area contributed by atoms with Crippen LogP contribution in [0.1, 0.15) is 200 Å². The van der Waals surface area contributed by atoms with Gasteiger partial charge in [0.1, 0.15) is 0 Å². The molecular weight excluding hydrogens is 530 g/mol. The third kappa shape index (κ3) is 32.1. The Morgan fingerprint density at radius 2 is 0.953 bits per heavy atom. The minimum atomic E-state index is -0.662. The Bertz CT molecular complexity index is 618. The highest BCUT2D eigenvalue weighted by Crippen LogP contribution is 2.15. The molecule has 4 nitrogen and oxygen atoms in total. The molecule has 0 spiro atoms. The molecule has 4 heteroatoms. The molecular formula is C39H75NO3. The van der Waals surface area contributed by atoms with Crippen molar-refractivity contribution in [3.05, 3.63) is 24.3 Å². The van der Waals surface area contributed by atoms with Crippen molar-refractivity contribution in [1.82, 2.24) is 5.32 Å². The van der Waals surface area contributed by atoms with E-state index in [1.165, 1.54) is 128 Å². The van der Waals surface area contributed by atoms with Crippen LogP contribution in [0.15, 0.2) is 24.3 Å². The number of allylic oxidation sites excluding steroid dienone is 4. The van der Waals surface area contributed by atoms with Crippen molar-refractivity contribution in [3.8, 4) is 0 Å². The molecule has 0 aliphatic carbocycles. The fraction of sp³-hybridized carbons (Fsp3) is 0.872. The van der Waals surface area contributed by atoms with Crippen LogP contribution in [-0.4, -0.2) is 34.9 Å². The Kier molecular flexibility index (Phi) is 34.4. The fourth-order valence-electron chi connectivity index (χ4n) is 5.74. The van der Waals surface area contributed by atoms with E-state index in [0.29, 0.717) is 12.8 Å². The van der Waals surface area contributed by atoms with Gasteiger partial charge in [-0.3, -0.25) is 4.79 Å². The first-order valence-corrected chi connectivity index (χ1v) is 19.0. The van der Waals surface area contributed by atoms with Gasteiger partial charge in [-0.1, -0.05) is 173 Å². The molecule has 0 fully saturated rings. The van der Waals surface area contributed by atoms with Crippen molar-refractivity contribution in [3.63, 3.8) is 0 Å². The lowest BCUT2D eigenvalue weighted by molar-refractivity contribution is -0.123. The van der Waals surface area contributed by atoms with Gasteiger partial charge in [-0.2, -0.15) is 0 Å². The molecule has 0 rings (SSSR count). The molecule has 0 aromatic rings. The molecule has 0 aliphatic heterocycles. The first-order valence-electron chi connectivity index (χ1n) is 19.0. The van der Waals surface area contributed by atoms with Crippen molar-refractivity contribution >= 4 is 5.91 Å². The van der Waals surface area contributed by atoms with Crippen molar-refractivity contribution in [1.29, 1.82) is 0 Å². The average molecular weight is 606 g/mol. The van der Waals surface area contributed by atoms with Crippen LogP contribution in [0.4, 0.5) is 0 Å². The van der Waals surface area contributed by atoms with Crippen LogP contribution >= 0.6 is 0 Å². The smallest absolute Gasteiger partial charge is 0.220 e. The Morgan fingerprint density at radius 1 is 0.558 bits per heavy atom. The van der Waals surface area contributed by atoms with Gasteiger partial charge in [0, 0.05) is 6.42 Å². The number of carbonyl (C=O) groups is 1. The number of hydrogen-bond acceptors (Lipinski definition) is 3. The standard InChI is InChI=1S/C39H75NO3/c1-3-5-7-9-11-13-15-17-19-21-22-24-26-28-30-32-34-38(42)37(36-41)40-39(43)35-33-31-29-27-25-23-20-18-16-14-12-10-8-6-4-2/h12,14,18,20,37-38,41-42H,3-11,13,15-17,19,21-36H2,1-2H3,(H,40,43)/b14-12+,20-18+/t37-,38+/m0/s1. The SMILES string of the molecule is CCCCC/C=C/C/C=C/CCCCCCCC(=O)N[C@@H](CO)[C@H](O)CCCCCCCCCCCCCCCCCC. The van der Waals surface area contributed by atoms with Crippen LogP contribution in [0.5, 0.6) is 0 Å². The zero-order valence-corrected chi connectivity index (χ0v) is 29.0. The molecule has 0 unspecified atom stereocenters. The lowest BCUT2D eigenvalue weighted by atomic mass is 10.0. The number of unbranched alkanes of at least 4 members (excludes halogenated alkanes) is 23. The Labute approximate surface area is 269 Å². The van der Waals surface area contributed by atoms with Crippen LogP contribution in [-0.2, 0) is 4.79 Å². The van der Waals surface area contributed by atoms with Crippen molar-refractivity contribution in [2.24, 2.45) is 0 Å². The number of aliphatic hydroxyl groups is 2. The Balaban J connectivity index is 3.58. The lowest BCUT2D eigenvalue weighted by Crippen LogP contribution is -2.45. The van der Waals surface area contributed by atoms with Crippen LogP contribution in [0.2, 0.25) is 0 Å². The van der Waals surface area contributed by atoms with Crippen LogP contribution < -0.4 is 5.32 Å². The summed E-state index contributed by atoms with van der Waals surface area (Å²) in [6.07, 6.45) is 43.7. The van der Waals surface area contributed by atoms with Gasteiger partial charge in [0.2, 0.25) is 5.91 Å². The van der Waals surface area contributed by atoms with E-state index in [2.05, 4.69) is 43.5 Å². The summed E-state index contributed by atoms with van der Waals surface area (Å²) in [5, 5.41) is 23.1. The van der Waals surface area contributed by atoms with Gasteiger partial charge in [-0.25, -0.2) is 0 Å². The minimum absolute atomic E-state index is 0.0456. The molecule has 1 amide bonds. The first-order chi connectivity index (χ1) is 21.2. The first kappa shape index (κ1) is 41.9. The summed E-state index contributed by atoms with van der Waals surface area (Å²) in [4.78, 5) is 12.3. The van der Waals surface area contributed by atoms with Crippen LogP contribution in [0, 0.1) is 0 Å². The third-order valence-corrected chi connectivity index (χ3v) is 8.72. The van der Waals surface area contributed by atoms with E-state index >= 15 is 0 Å². The van der Waals surface area contributed by atoms with E-state index in [1.54, 1.807) is 0 Å². The molecule has 3 N–H and O–H groups in total. The second-order valence-electron chi connectivity index (χ2n) is 13.0. The van der Waals surface area contributed by atoms with Gasteiger partial charge in [-0.15, -0.1) is 0 Å². The molecule has 0 bridgehead atoms. The molecule has 0 saturated carbocycles. The van der Waals surface area contributed by atoms with Gasteiger partial charge >= 0.3 is 0 Å². The van der Waals surface area contributed by atoms with Crippen LogP contribution in [0.3, 0.4) is 0 Å². The highest BCUT2D eigenvalue weighted by atomic mass is 16.3. The monoisotopic (exact) mass is 606 g/mol. The second kappa shape index (κ2) is 35.4. The van der Waals surface area contributed by atoms with Gasteiger partial charge in [-0.05, 0) is 44.9 Å². The third-order valence-electron chi connectivity index (χ3n) is 8.72. The summed E-state index contributed by atoms with van der Waals surface area (Å²) >= 11 is 0. The quantitative estimate of drug-likeness (QED) is 0.0505. The maximum absolute atomic E-state index is 12.3. The molecule has 0 aromatic carbocycles. The van der Waals surface area contributed by atoms with Crippen molar-refractivity contribution in [2.45, 2.75) is 212 Å². The molecule has 254 valence electrons. The maximum Gasteiger partial charge on any atom is 0.220 e. The van der Waals surface area contributed by atoms with E-state index < -0.39 is 12.1 Å². The number of hydrogen-bond donors (Lipinski definition) is 3. The highest BCUT2D eigenvalue weighted by molar-refractivity contribution is 5.76. The summed E-state index contributed by atoms with van der Waals surface area (Å²) in [5.41, 5.74) is 0. The van der Waals surface area contributed by atoms with Crippen LogP contribution in [0.25, 0.3) is 0 Å². The summed E-state index contributed by atoms with van der Waals surface area (Å²) in [6.45, 7) is 4.32. The number of nitrogens with one attached hydrogen (secondary N) is 1.